The number of nitrogens with zero attached hydrogens (tertiary/aromatic N) is 1. The van der Waals surface area contributed by atoms with E-state index < -0.39 is 0 Å². The van der Waals surface area contributed by atoms with Crippen LogP contribution in [-0.4, -0.2) is 18.1 Å². The molecule has 0 aromatic heterocycles. The van der Waals surface area contributed by atoms with Crippen molar-refractivity contribution >= 4 is 30.9 Å². The molecule has 0 heterocycles. The Morgan fingerprint density at radius 2 is 1.94 bits per heavy atom. The molecule has 2 saturated carbocycles. The van der Waals surface area contributed by atoms with E-state index >= 15 is 0 Å². The van der Waals surface area contributed by atoms with Gasteiger partial charge in [-0.15, -0.1) is 12.4 Å². The smallest absolute Gasteiger partial charge is 0.103 e. The number of hydrogen-bond donors (Lipinski definition) is 2. The number of fused-ring (bicyclic) bond motifs is 2. The van der Waals surface area contributed by atoms with Crippen molar-refractivity contribution in [1.29, 1.82) is 0 Å². The van der Waals surface area contributed by atoms with Crippen LogP contribution in [0.15, 0.2) is 4.99 Å². The van der Waals surface area contributed by atoms with Crippen molar-refractivity contribution in [3.8, 4) is 0 Å². The number of thiol groups is 1. The summed E-state index contributed by atoms with van der Waals surface area (Å²) in [5.74, 6) is 2.29. The van der Waals surface area contributed by atoms with Crippen molar-refractivity contribution < 1.29 is 0 Å². The van der Waals surface area contributed by atoms with Crippen LogP contribution < -0.4 is 5.73 Å². The zero-order valence-electron chi connectivity index (χ0n) is 9.82. The van der Waals surface area contributed by atoms with Crippen molar-refractivity contribution in [2.45, 2.75) is 44.9 Å². The first-order valence-corrected chi connectivity index (χ1v) is 6.77. The molecule has 0 atom stereocenters. The zero-order chi connectivity index (χ0) is 10.7. The van der Waals surface area contributed by atoms with Crippen LogP contribution in [0.25, 0.3) is 0 Å². The molecule has 0 amide bonds. The lowest BCUT2D eigenvalue weighted by atomic mass is 9.62. The van der Waals surface area contributed by atoms with Crippen LogP contribution in [0.3, 0.4) is 0 Å². The molecule has 2 aliphatic carbocycles. The third kappa shape index (κ3) is 3.30. The molecular formula is C12H23ClN2S. The molecule has 0 aromatic carbocycles. The van der Waals surface area contributed by atoms with E-state index in [1.807, 2.05) is 0 Å². The molecule has 0 saturated heterocycles. The first kappa shape index (κ1) is 14.2. The van der Waals surface area contributed by atoms with Crippen LogP contribution in [0.2, 0.25) is 0 Å². The summed E-state index contributed by atoms with van der Waals surface area (Å²) >= 11 is 4.15. The SMILES string of the molecule is Cl.NC(CS)=NCC12CCCC(CCC1)C2. The van der Waals surface area contributed by atoms with Crippen molar-refractivity contribution in [2.75, 3.05) is 12.3 Å². The summed E-state index contributed by atoms with van der Waals surface area (Å²) in [6.07, 6.45) is 9.85. The lowest BCUT2D eigenvalue weighted by molar-refractivity contribution is 0.0861. The van der Waals surface area contributed by atoms with Crippen LogP contribution in [0.4, 0.5) is 0 Å². The predicted octanol–water partition coefficient (Wildman–Crippen LogP) is 3.06. The van der Waals surface area contributed by atoms with Gasteiger partial charge < -0.3 is 5.73 Å². The van der Waals surface area contributed by atoms with Gasteiger partial charge in [0.1, 0.15) is 5.84 Å². The summed E-state index contributed by atoms with van der Waals surface area (Å²) in [4.78, 5) is 4.50. The van der Waals surface area contributed by atoms with Crippen LogP contribution in [0.1, 0.15) is 44.9 Å². The average molecular weight is 263 g/mol. The largest absolute Gasteiger partial charge is 0.387 e. The minimum Gasteiger partial charge on any atom is -0.387 e. The second-order valence-corrected chi connectivity index (χ2v) is 5.64. The number of halogens is 1. The number of amidine groups is 1. The molecule has 2 bridgehead atoms. The molecular weight excluding hydrogens is 240 g/mol. The lowest BCUT2D eigenvalue weighted by Crippen LogP contribution is -2.36. The van der Waals surface area contributed by atoms with E-state index in [-0.39, 0.29) is 12.4 Å². The van der Waals surface area contributed by atoms with E-state index in [4.69, 9.17) is 5.73 Å². The van der Waals surface area contributed by atoms with Crippen LogP contribution in [0, 0.1) is 11.3 Å². The van der Waals surface area contributed by atoms with E-state index in [1.165, 1.54) is 44.9 Å². The van der Waals surface area contributed by atoms with Gasteiger partial charge in [0.05, 0.1) is 0 Å². The fourth-order valence-electron chi connectivity index (χ4n) is 3.36. The minimum absolute atomic E-state index is 0. The molecule has 0 spiro atoms. The predicted molar refractivity (Wildman–Crippen MR) is 75.8 cm³/mol. The Bertz CT molecular complexity index is 245. The average Bonchev–Trinajstić information content (AvgIpc) is 2.26. The van der Waals surface area contributed by atoms with Crippen molar-refractivity contribution in [3.05, 3.63) is 0 Å². The maximum Gasteiger partial charge on any atom is 0.103 e. The Balaban J connectivity index is 0.00000128. The van der Waals surface area contributed by atoms with Gasteiger partial charge >= 0.3 is 0 Å². The highest BCUT2D eigenvalue weighted by atomic mass is 35.5. The summed E-state index contributed by atoms with van der Waals surface area (Å²) in [6, 6.07) is 0. The number of aliphatic imine (C=N–C) groups is 1. The fourth-order valence-corrected chi connectivity index (χ4v) is 3.46. The number of rotatable bonds is 3. The molecule has 0 aliphatic heterocycles. The molecule has 2 aliphatic rings. The van der Waals surface area contributed by atoms with E-state index in [0.29, 0.717) is 17.0 Å². The first-order valence-electron chi connectivity index (χ1n) is 6.14. The summed E-state index contributed by atoms with van der Waals surface area (Å²) in [7, 11) is 0. The summed E-state index contributed by atoms with van der Waals surface area (Å²) in [6.45, 7) is 0.954. The summed E-state index contributed by atoms with van der Waals surface area (Å²) in [5.41, 5.74) is 6.24. The second kappa shape index (κ2) is 6.15. The normalized spacial score (nSPS) is 34.3. The van der Waals surface area contributed by atoms with Crippen molar-refractivity contribution in [2.24, 2.45) is 22.1 Å². The van der Waals surface area contributed by atoms with Gasteiger partial charge in [-0.3, -0.25) is 4.99 Å². The molecule has 2 nitrogen and oxygen atoms in total. The maximum atomic E-state index is 5.73. The summed E-state index contributed by atoms with van der Waals surface area (Å²) < 4.78 is 0. The molecule has 94 valence electrons. The van der Waals surface area contributed by atoms with Gasteiger partial charge in [0.2, 0.25) is 0 Å². The Morgan fingerprint density at radius 1 is 1.31 bits per heavy atom. The van der Waals surface area contributed by atoms with Gasteiger partial charge in [-0.05, 0) is 30.6 Å². The molecule has 2 N–H and O–H groups in total. The van der Waals surface area contributed by atoms with E-state index in [2.05, 4.69) is 17.6 Å². The molecule has 0 aromatic rings. The molecule has 2 fully saturated rings. The van der Waals surface area contributed by atoms with Gasteiger partial charge in [-0.1, -0.05) is 25.7 Å². The zero-order valence-corrected chi connectivity index (χ0v) is 11.5. The van der Waals surface area contributed by atoms with Gasteiger partial charge in [0, 0.05) is 12.3 Å². The Hall–Kier alpha value is 0.110. The van der Waals surface area contributed by atoms with Crippen LogP contribution >= 0.6 is 25.0 Å². The first-order chi connectivity index (χ1) is 7.24. The molecule has 16 heavy (non-hydrogen) atoms. The lowest BCUT2D eigenvalue weighted by Gasteiger charge is -2.44. The van der Waals surface area contributed by atoms with Gasteiger partial charge in [-0.2, -0.15) is 12.6 Å². The van der Waals surface area contributed by atoms with E-state index in [0.717, 1.165) is 12.5 Å². The van der Waals surface area contributed by atoms with Gasteiger partial charge in [0.25, 0.3) is 0 Å². The van der Waals surface area contributed by atoms with E-state index in [1.54, 1.807) is 0 Å². The Labute approximate surface area is 110 Å². The highest BCUT2D eigenvalue weighted by Crippen LogP contribution is 2.48. The molecule has 4 heteroatoms. The highest BCUT2D eigenvalue weighted by Gasteiger charge is 2.38. The highest BCUT2D eigenvalue weighted by molar-refractivity contribution is 7.81. The van der Waals surface area contributed by atoms with Crippen LogP contribution in [0.5, 0.6) is 0 Å². The second-order valence-electron chi connectivity index (χ2n) is 5.32. The van der Waals surface area contributed by atoms with E-state index in [9.17, 15) is 0 Å². The molecule has 0 radical (unpaired) electrons. The van der Waals surface area contributed by atoms with Crippen molar-refractivity contribution in [1.82, 2.24) is 0 Å². The van der Waals surface area contributed by atoms with Crippen molar-refractivity contribution in [3.63, 3.8) is 0 Å². The number of hydrogen-bond acceptors (Lipinski definition) is 2. The Morgan fingerprint density at radius 3 is 2.50 bits per heavy atom. The van der Waals surface area contributed by atoms with Gasteiger partial charge in [-0.25, -0.2) is 0 Å². The quantitative estimate of drug-likeness (QED) is 0.458. The minimum atomic E-state index is 0. The molecule has 0 unspecified atom stereocenters. The monoisotopic (exact) mass is 262 g/mol. The third-order valence-electron chi connectivity index (χ3n) is 4.14. The fraction of sp³-hybridized carbons (Fsp3) is 0.917. The number of nitrogens with two attached hydrogens (primary N) is 1. The Kier molecular flexibility index (Phi) is 5.45. The van der Waals surface area contributed by atoms with Crippen LogP contribution in [-0.2, 0) is 0 Å². The molecule has 2 rings (SSSR count). The standard InChI is InChI=1S/C12H22N2S.ClH/c13-11(8-15)14-9-12-5-1-3-10(7-12)4-2-6-12;/h10,15H,1-9H2,(H2,13,14);1H. The van der Waals surface area contributed by atoms with Gasteiger partial charge in [0.15, 0.2) is 0 Å². The topological polar surface area (TPSA) is 38.4 Å². The maximum absolute atomic E-state index is 5.73. The summed E-state index contributed by atoms with van der Waals surface area (Å²) in [5, 5.41) is 0. The third-order valence-corrected chi connectivity index (χ3v) is 4.46.